The summed E-state index contributed by atoms with van der Waals surface area (Å²) in [6.45, 7) is 2.17. The Morgan fingerprint density at radius 2 is 2.00 bits per heavy atom. The second-order valence-electron chi connectivity index (χ2n) is 5.85. The number of rotatable bonds is 3. The molecule has 102 valence electrons. The normalized spacial score (nSPS) is 22.8. The number of benzene rings is 1. The van der Waals surface area contributed by atoms with Crippen LogP contribution in [0.1, 0.15) is 24.4 Å². The second-order valence-corrected chi connectivity index (χ2v) is 5.85. The molecule has 0 unspecified atom stereocenters. The summed E-state index contributed by atoms with van der Waals surface area (Å²) in [5.41, 5.74) is 2.66. The SMILES string of the molecule is COc1cc(C)c2c(ccn2C2CC(N(C)C)C2)c1. The summed E-state index contributed by atoms with van der Waals surface area (Å²) in [5.74, 6) is 0.947. The first-order valence-corrected chi connectivity index (χ1v) is 6.91. The van der Waals surface area contributed by atoms with Crippen molar-refractivity contribution in [3.63, 3.8) is 0 Å². The summed E-state index contributed by atoms with van der Waals surface area (Å²) >= 11 is 0. The molecule has 1 aliphatic carbocycles. The molecule has 0 amide bonds. The molecule has 0 radical (unpaired) electrons. The lowest BCUT2D eigenvalue weighted by Crippen LogP contribution is -2.41. The molecule has 0 aliphatic heterocycles. The Hall–Kier alpha value is -1.48. The summed E-state index contributed by atoms with van der Waals surface area (Å²) in [6, 6.07) is 7.84. The van der Waals surface area contributed by atoms with Crippen molar-refractivity contribution >= 4 is 10.9 Å². The van der Waals surface area contributed by atoms with E-state index >= 15 is 0 Å². The molecule has 2 aromatic rings. The van der Waals surface area contributed by atoms with E-state index in [0.29, 0.717) is 6.04 Å². The van der Waals surface area contributed by atoms with Crippen molar-refractivity contribution in [2.24, 2.45) is 0 Å². The van der Waals surface area contributed by atoms with Crippen molar-refractivity contribution in [1.29, 1.82) is 0 Å². The van der Waals surface area contributed by atoms with Gasteiger partial charge in [0, 0.05) is 23.7 Å². The van der Waals surface area contributed by atoms with Gasteiger partial charge in [-0.25, -0.2) is 0 Å². The zero-order valence-electron chi connectivity index (χ0n) is 12.2. The van der Waals surface area contributed by atoms with Gasteiger partial charge >= 0.3 is 0 Å². The summed E-state index contributed by atoms with van der Waals surface area (Å²) in [6.07, 6.45) is 4.73. The standard InChI is InChI=1S/C16H22N2O/c1-11-7-15(19-4)8-12-5-6-18(16(11)12)14-9-13(10-14)17(2)3/h5-8,13-14H,9-10H2,1-4H3. The van der Waals surface area contributed by atoms with Crippen LogP contribution in [0.15, 0.2) is 24.4 Å². The first-order valence-electron chi connectivity index (χ1n) is 6.91. The Balaban J connectivity index is 1.94. The number of hydrogen-bond donors (Lipinski definition) is 0. The molecular weight excluding hydrogens is 236 g/mol. The topological polar surface area (TPSA) is 17.4 Å². The monoisotopic (exact) mass is 258 g/mol. The van der Waals surface area contributed by atoms with Gasteiger partial charge in [0.1, 0.15) is 5.75 Å². The third-order valence-corrected chi connectivity index (χ3v) is 4.42. The molecule has 0 atom stereocenters. The van der Waals surface area contributed by atoms with Crippen LogP contribution >= 0.6 is 0 Å². The maximum Gasteiger partial charge on any atom is 0.119 e. The molecule has 0 spiro atoms. The Morgan fingerprint density at radius 1 is 1.26 bits per heavy atom. The number of ether oxygens (including phenoxy) is 1. The van der Waals surface area contributed by atoms with E-state index in [4.69, 9.17) is 4.74 Å². The molecule has 0 saturated heterocycles. The second kappa shape index (κ2) is 4.57. The van der Waals surface area contributed by atoms with Crippen molar-refractivity contribution < 1.29 is 4.74 Å². The molecule has 0 bridgehead atoms. The quantitative estimate of drug-likeness (QED) is 0.841. The van der Waals surface area contributed by atoms with Crippen molar-refractivity contribution in [2.45, 2.75) is 31.8 Å². The van der Waals surface area contributed by atoms with Crippen molar-refractivity contribution in [2.75, 3.05) is 21.2 Å². The van der Waals surface area contributed by atoms with Crippen LogP contribution in [0, 0.1) is 6.92 Å². The Bertz CT molecular complexity index is 594. The Morgan fingerprint density at radius 3 is 2.63 bits per heavy atom. The highest BCUT2D eigenvalue weighted by Crippen LogP contribution is 2.38. The molecule has 1 aromatic carbocycles. The molecule has 19 heavy (non-hydrogen) atoms. The molecule has 1 fully saturated rings. The predicted molar refractivity (Wildman–Crippen MR) is 79.0 cm³/mol. The number of aromatic nitrogens is 1. The third-order valence-electron chi connectivity index (χ3n) is 4.42. The zero-order valence-corrected chi connectivity index (χ0v) is 12.2. The minimum Gasteiger partial charge on any atom is -0.497 e. The number of hydrogen-bond acceptors (Lipinski definition) is 2. The maximum atomic E-state index is 5.35. The van der Waals surface area contributed by atoms with E-state index < -0.39 is 0 Å². The van der Waals surface area contributed by atoms with E-state index in [1.807, 2.05) is 0 Å². The summed E-state index contributed by atoms with van der Waals surface area (Å²) in [4.78, 5) is 2.33. The highest BCUT2D eigenvalue weighted by molar-refractivity contribution is 5.85. The maximum absolute atomic E-state index is 5.35. The van der Waals surface area contributed by atoms with Gasteiger partial charge < -0.3 is 14.2 Å². The van der Waals surface area contributed by atoms with E-state index in [0.717, 1.165) is 11.8 Å². The van der Waals surface area contributed by atoms with Crippen LogP contribution in [-0.2, 0) is 0 Å². The smallest absolute Gasteiger partial charge is 0.119 e. The number of aryl methyl sites for hydroxylation is 1. The van der Waals surface area contributed by atoms with Gasteiger partial charge in [-0.3, -0.25) is 0 Å². The van der Waals surface area contributed by atoms with Gasteiger partial charge in [0.05, 0.1) is 12.6 Å². The average molecular weight is 258 g/mol. The van der Waals surface area contributed by atoms with Gasteiger partial charge in [0.25, 0.3) is 0 Å². The fourth-order valence-electron chi connectivity index (χ4n) is 3.12. The van der Waals surface area contributed by atoms with Crippen LogP contribution in [0.2, 0.25) is 0 Å². The molecular formula is C16H22N2O. The van der Waals surface area contributed by atoms with Crippen LogP contribution in [0.3, 0.4) is 0 Å². The van der Waals surface area contributed by atoms with Crippen molar-refractivity contribution in [3.05, 3.63) is 30.0 Å². The fourth-order valence-corrected chi connectivity index (χ4v) is 3.12. The molecule has 3 rings (SSSR count). The van der Waals surface area contributed by atoms with E-state index in [9.17, 15) is 0 Å². The Labute approximate surface area is 114 Å². The van der Waals surface area contributed by atoms with E-state index in [-0.39, 0.29) is 0 Å². The molecule has 1 heterocycles. The van der Waals surface area contributed by atoms with Crippen LogP contribution in [0.4, 0.5) is 0 Å². The van der Waals surface area contributed by atoms with Crippen LogP contribution in [0.5, 0.6) is 5.75 Å². The highest BCUT2D eigenvalue weighted by atomic mass is 16.5. The van der Waals surface area contributed by atoms with Gasteiger partial charge in [-0.1, -0.05) is 0 Å². The largest absolute Gasteiger partial charge is 0.497 e. The van der Waals surface area contributed by atoms with Crippen molar-refractivity contribution in [3.8, 4) is 5.75 Å². The Kier molecular flexibility index (Phi) is 3.02. The number of nitrogens with zero attached hydrogens (tertiary/aromatic N) is 2. The summed E-state index contributed by atoms with van der Waals surface area (Å²) in [7, 11) is 6.07. The predicted octanol–water partition coefficient (Wildman–Crippen LogP) is 3.22. The van der Waals surface area contributed by atoms with Gasteiger partial charge in [-0.2, -0.15) is 0 Å². The fraction of sp³-hybridized carbons (Fsp3) is 0.500. The van der Waals surface area contributed by atoms with Gasteiger partial charge in [0.2, 0.25) is 0 Å². The number of fused-ring (bicyclic) bond motifs is 1. The average Bonchev–Trinajstić information content (AvgIpc) is 2.71. The van der Waals surface area contributed by atoms with Gasteiger partial charge in [-0.15, -0.1) is 0 Å². The van der Waals surface area contributed by atoms with Crippen LogP contribution < -0.4 is 4.74 Å². The summed E-state index contributed by atoms with van der Waals surface area (Å²) < 4.78 is 7.79. The third kappa shape index (κ3) is 2.02. The molecule has 1 saturated carbocycles. The molecule has 3 nitrogen and oxygen atoms in total. The van der Waals surface area contributed by atoms with E-state index in [2.05, 4.69) is 54.9 Å². The first-order chi connectivity index (χ1) is 9.10. The first kappa shape index (κ1) is 12.5. The van der Waals surface area contributed by atoms with Crippen LogP contribution in [-0.4, -0.2) is 36.7 Å². The highest BCUT2D eigenvalue weighted by Gasteiger charge is 2.32. The zero-order chi connectivity index (χ0) is 13.6. The van der Waals surface area contributed by atoms with E-state index in [1.54, 1.807) is 7.11 Å². The molecule has 0 N–H and O–H groups in total. The van der Waals surface area contributed by atoms with E-state index in [1.165, 1.54) is 29.3 Å². The van der Waals surface area contributed by atoms with Crippen LogP contribution in [0.25, 0.3) is 10.9 Å². The summed E-state index contributed by atoms with van der Waals surface area (Å²) in [5, 5.41) is 1.28. The lowest BCUT2D eigenvalue weighted by molar-refractivity contribution is 0.132. The van der Waals surface area contributed by atoms with Gasteiger partial charge in [-0.05, 0) is 57.6 Å². The molecule has 1 aromatic heterocycles. The van der Waals surface area contributed by atoms with Crippen molar-refractivity contribution in [1.82, 2.24) is 9.47 Å². The molecule has 3 heteroatoms. The lowest BCUT2D eigenvalue weighted by atomic mass is 9.85. The molecule has 1 aliphatic rings. The number of methoxy groups -OCH3 is 1. The minimum atomic E-state index is 0.650. The van der Waals surface area contributed by atoms with Gasteiger partial charge in [0.15, 0.2) is 0 Å². The lowest BCUT2D eigenvalue weighted by Gasteiger charge is -2.41. The minimum absolute atomic E-state index is 0.650.